The second-order valence-electron chi connectivity index (χ2n) is 3.94. The number of hydrogen-bond donors (Lipinski definition) is 2. The minimum atomic E-state index is -0.587. The molecule has 0 atom stereocenters. The number of halogens is 3. The topological polar surface area (TPSA) is 38.0 Å². The Morgan fingerprint density at radius 2 is 1.83 bits per heavy atom. The number of aryl methyl sites for hydroxylation is 1. The monoisotopic (exact) mass is 268 g/mol. The number of hydrogen-bond acceptors (Lipinski definition) is 2. The van der Waals surface area contributed by atoms with E-state index in [0.29, 0.717) is 11.4 Å². The number of benzene rings is 2. The predicted octanol–water partition coefficient (Wildman–Crippen LogP) is 4.25. The summed E-state index contributed by atoms with van der Waals surface area (Å²) in [5.41, 5.74) is 7.72. The van der Waals surface area contributed by atoms with Crippen molar-refractivity contribution in [2.75, 3.05) is 11.1 Å². The van der Waals surface area contributed by atoms with Crippen molar-refractivity contribution in [3.63, 3.8) is 0 Å². The van der Waals surface area contributed by atoms with Gasteiger partial charge in [0.1, 0.15) is 11.6 Å². The Morgan fingerprint density at radius 3 is 2.56 bits per heavy atom. The molecule has 2 aromatic carbocycles. The predicted molar refractivity (Wildman–Crippen MR) is 70.2 cm³/mol. The summed E-state index contributed by atoms with van der Waals surface area (Å²) in [4.78, 5) is 0. The number of rotatable bonds is 2. The lowest BCUT2D eigenvalue weighted by Crippen LogP contribution is -1.99. The summed E-state index contributed by atoms with van der Waals surface area (Å²) in [5.74, 6) is -0.953. The van der Waals surface area contributed by atoms with Crippen LogP contribution in [0.5, 0.6) is 0 Å². The van der Waals surface area contributed by atoms with Gasteiger partial charge in [-0.3, -0.25) is 0 Å². The maximum absolute atomic E-state index is 13.1. The molecule has 94 valence electrons. The van der Waals surface area contributed by atoms with Crippen LogP contribution in [0, 0.1) is 18.6 Å². The molecule has 2 rings (SSSR count). The Bertz CT molecular complexity index is 600. The van der Waals surface area contributed by atoms with E-state index in [9.17, 15) is 8.78 Å². The van der Waals surface area contributed by atoms with Crippen LogP contribution in [0.3, 0.4) is 0 Å². The van der Waals surface area contributed by atoms with Gasteiger partial charge in [-0.25, -0.2) is 8.78 Å². The minimum Gasteiger partial charge on any atom is -0.397 e. The quantitative estimate of drug-likeness (QED) is 0.799. The van der Waals surface area contributed by atoms with Gasteiger partial charge in [0.15, 0.2) is 0 Å². The lowest BCUT2D eigenvalue weighted by Gasteiger charge is -2.12. The highest BCUT2D eigenvalue weighted by Crippen LogP contribution is 2.30. The summed E-state index contributed by atoms with van der Waals surface area (Å²) >= 11 is 5.68. The van der Waals surface area contributed by atoms with E-state index in [2.05, 4.69) is 5.32 Å². The summed E-state index contributed by atoms with van der Waals surface area (Å²) in [7, 11) is 0. The highest BCUT2D eigenvalue weighted by atomic mass is 35.5. The van der Waals surface area contributed by atoms with Crippen molar-refractivity contribution >= 4 is 28.7 Å². The molecule has 0 heterocycles. The van der Waals surface area contributed by atoms with Gasteiger partial charge in [-0.15, -0.1) is 0 Å². The average molecular weight is 269 g/mol. The number of nitrogens with one attached hydrogen (secondary N) is 1. The van der Waals surface area contributed by atoms with Crippen molar-refractivity contribution in [3.8, 4) is 0 Å². The van der Waals surface area contributed by atoms with E-state index in [4.69, 9.17) is 17.3 Å². The molecule has 2 nitrogen and oxygen atoms in total. The minimum absolute atomic E-state index is 0.0410. The van der Waals surface area contributed by atoms with Crippen molar-refractivity contribution in [2.45, 2.75) is 6.92 Å². The van der Waals surface area contributed by atoms with Gasteiger partial charge in [0.2, 0.25) is 0 Å². The molecule has 0 spiro atoms. The van der Waals surface area contributed by atoms with Crippen LogP contribution in [0.4, 0.5) is 25.8 Å². The van der Waals surface area contributed by atoms with Crippen molar-refractivity contribution in [1.29, 1.82) is 0 Å². The molecular formula is C13H11ClF2N2. The molecule has 0 aliphatic carbocycles. The van der Waals surface area contributed by atoms with Crippen LogP contribution in [0.1, 0.15) is 5.56 Å². The van der Waals surface area contributed by atoms with Crippen LogP contribution in [-0.2, 0) is 0 Å². The highest BCUT2D eigenvalue weighted by Gasteiger charge is 2.08. The first-order chi connectivity index (χ1) is 8.47. The molecule has 0 bridgehead atoms. The Balaban J connectivity index is 2.40. The second kappa shape index (κ2) is 4.82. The molecule has 18 heavy (non-hydrogen) atoms. The van der Waals surface area contributed by atoms with E-state index in [0.717, 1.165) is 11.6 Å². The van der Waals surface area contributed by atoms with Gasteiger partial charge >= 0.3 is 0 Å². The third kappa shape index (κ3) is 2.54. The molecule has 0 amide bonds. The fourth-order valence-electron chi connectivity index (χ4n) is 1.54. The molecule has 0 fully saturated rings. The Hall–Kier alpha value is -1.81. The Labute approximate surface area is 108 Å². The fraction of sp³-hybridized carbons (Fsp3) is 0.0769. The first-order valence-corrected chi connectivity index (χ1v) is 5.63. The standard InChI is InChI=1S/C13H11ClF2N2/c1-7-2-3-8(15)4-12(7)18-13-5-9(14)10(16)6-11(13)17/h2-6,18H,17H2,1H3. The van der Waals surface area contributed by atoms with E-state index in [1.54, 1.807) is 6.07 Å². The van der Waals surface area contributed by atoms with Crippen LogP contribution in [-0.4, -0.2) is 0 Å². The van der Waals surface area contributed by atoms with E-state index in [1.807, 2.05) is 6.92 Å². The second-order valence-corrected chi connectivity index (χ2v) is 4.35. The molecule has 3 N–H and O–H groups in total. The third-order valence-electron chi connectivity index (χ3n) is 2.56. The highest BCUT2D eigenvalue weighted by molar-refractivity contribution is 6.31. The Morgan fingerprint density at radius 1 is 1.11 bits per heavy atom. The van der Waals surface area contributed by atoms with E-state index >= 15 is 0 Å². The zero-order chi connectivity index (χ0) is 13.3. The molecule has 0 aliphatic heterocycles. The lowest BCUT2D eigenvalue weighted by molar-refractivity contribution is 0.627. The number of nitrogens with two attached hydrogens (primary N) is 1. The SMILES string of the molecule is Cc1ccc(F)cc1Nc1cc(Cl)c(F)cc1N. The molecule has 0 aromatic heterocycles. The van der Waals surface area contributed by atoms with E-state index in [-0.39, 0.29) is 16.5 Å². The molecule has 0 saturated carbocycles. The van der Waals surface area contributed by atoms with Gasteiger partial charge in [0, 0.05) is 11.8 Å². The summed E-state index contributed by atoms with van der Waals surface area (Å²) in [6.45, 7) is 1.82. The summed E-state index contributed by atoms with van der Waals surface area (Å²) < 4.78 is 26.3. The largest absolute Gasteiger partial charge is 0.397 e. The van der Waals surface area contributed by atoms with Crippen molar-refractivity contribution < 1.29 is 8.78 Å². The third-order valence-corrected chi connectivity index (χ3v) is 2.85. The smallest absolute Gasteiger partial charge is 0.143 e. The van der Waals surface area contributed by atoms with Crippen LogP contribution < -0.4 is 11.1 Å². The lowest BCUT2D eigenvalue weighted by atomic mass is 10.2. The van der Waals surface area contributed by atoms with Crippen LogP contribution in [0.2, 0.25) is 5.02 Å². The fourth-order valence-corrected chi connectivity index (χ4v) is 1.71. The maximum atomic E-state index is 13.1. The summed E-state index contributed by atoms with van der Waals surface area (Å²) in [5, 5.41) is 2.89. The number of nitrogen functional groups attached to an aromatic ring is 1. The van der Waals surface area contributed by atoms with Crippen molar-refractivity contribution in [2.24, 2.45) is 0 Å². The molecule has 2 aromatic rings. The van der Waals surface area contributed by atoms with E-state index in [1.165, 1.54) is 18.2 Å². The van der Waals surface area contributed by atoms with Gasteiger partial charge in [-0.05, 0) is 30.7 Å². The van der Waals surface area contributed by atoms with Crippen LogP contribution in [0.15, 0.2) is 30.3 Å². The zero-order valence-corrected chi connectivity index (χ0v) is 10.4. The van der Waals surface area contributed by atoms with Gasteiger partial charge in [-0.1, -0.05) is 17.7 Å². The van der Waals surface area contributed by atoms with Gasteiger partial charge in [0.05, 0.1) is 16.4 Å². The zero-order valence-electron chi connectivity index (χ0n) is 9.60. The average Bonchev–Trinajstić information content (AvgIpc) is 2.30. The molecule has 0 unspecified atom stereocenters. The van der Waals surface area contributed by atoms with Gasteiger partial charge < -0.3 is 11.1 Å². The summed E-state index contributed by atoms with van der Waals surface area (Å²) in [6, 6.07) is 6.84. The first-order valence-electron chi connectivity index (χ1n) is 5.25. The first kappa shape index (κ1) is 12.6. The molecule has 0 saturated heterocycles. The summed E-state index contributed by atoms with van der Waals surface area (Å²) in [6.07, 6.45) is 0. The van der Waals surface area contributed by atoms with Crippen LogP contribution in [0.25, 0.3) is 0 Å². The molecule has 0 aliphatic rings. The molecule has 5 heteroatoms. The van der Waals surface area contributed by atoms with Crippen LogP contribution >= 0.6 is 11.6 Å². The van der Waals surface area contributed by atoms with Crippen molar-refractivity contribution in [3.05, 3.63) is 52.6 Å². The number of anilines is 3. The molecular weight excluding hydrogens is 258 g/mol. The van der Waals surface area contributed by atoms with Gasteiger partial charge in [-0.2, -0.15) is 0 Å². The molecule has 0 radical (unpaired) electrons. The normalized spacial score (nSPS) is 10.4. The Kier molecular flexibility index (Phi) is 3.39. The van der Waals surface area contributed by atoms with Crippen molar-refractivity contribution in [1.82, 2.24) is 0 Å². The maximum Gasteiger partial charge on any atom is 0.143 e. The van der Waals surface area contributed by atoms with Gasteiger partial charge in [0.25, 0.3) is 0 Å². The van der Waals surface area contributed by atoms with E-state index < -0.39 is 5.82 Å².